The normalized spacial score (nSPS) is 13.6. The van der Waals surface area contributed by atoms with Gasteiger partial charge in [-0.1, -0.05) is 0 Å². The van der Waals surface area contributed by atoms with E-state index in [-0.39, 0.29) is 18.8 Å². The summed E-state index contributed by atoms with van der Waals surface area (Å²) >= 11 is 0. The van der Waals surface area contributed by atoms with Crippen LogP contribution in [0.15, 0.2) is 18.2 Å². The molecule has 0 aliphatic carbocycles. The molecule has 20 heavy (non-hydrogen) atoms. The molecule has 1 rings (SSSR count). The zero-order chi connectivity index (χ0) is 15.3. The van der Waals surface area contributed by atoms with Gasteiger partial charge in [0.25, 0.3) is 0 Å². The van der Waals surface area contributed by atoms with Gasteiger partial charge in [-0.25, -0.2) is 0 Å². The van der Waals surface area contributed by atoms with Gasteiger partial charge in [0.2, 0.25) is 5.82 Å². The van der Waals surface area contributed by atoms with Gasteiger partial charge in [0.15, 0.2) is 0 Å². The number of rotatable bonds is 7. The lowest BCUT2D eigenvalue weighted by molar-refractivity contribution is -0.387. The Balaban J connectivity index is 2.49. The number of ether oxygens (including phenoxy) is 1. The molecule has 0 aromatic heterocycles. The molecule has 7 nitrogen and oxygen atoms in total. The number of halogens is 1. The largest absolute Gasteiger partial charge is 0.493 e. The predicted octanol–water partition coefficient (Wildman–Crippen LogP) is 1.69. The molecule has 1 unspecified atom stereocenters. The fourth-order valence-electron chi connectivity index (χ4n) is 1.46. The highest BCUT2D eigenvalue weighted by Crippen LogP contribution is 2.22. The van der Waals surface area contributed by atoms with Gasteiger partial charge in [-0.15, -0.1) is 0 Å². The lowest BCUT2D eigenvalue weighted by atomic mass is 9.98. The highest BCUT2D eigenvalue weighted by Gasteiger charge is 2.26. The molecule has 0 radical (unpaired) electrons. The number of nitro groups is 1. The number of nitro benzene ring substituents is 1. The molecular weight excluding hydrogens is 271 g/mol. The molecule has 110 valence electrons. The summed E-state index contributed by atoms with van der Waals surface area (Å²) in [5.41, 5.74) is 3.56. The van der Waals surface area contributed by atoms with Crippen LogP contribution in [0.5, 0.6) is 5.75 Å². The first-order chi connectivity index (χ1) is 9.24. The van der Waals surface area contributed by atoms with E-state index in [9.17, 15) is 19.3 Å². The van der Waals surface area contributed by atoms with Gasteiger partial charge < -0.3 is 15.6 Å². The van der Waals surface area contributed by atoms with Crippen molar-refractivity contribution in [1.29, 1.82) is 0 Å². The number of hydrogen-bond acceptors (Lipinski definition) is 5. The van der Waals surface area contributed by atoms with E-state index >= 15 is 0 Å². The van der Waals surface area contributed by atoms with E-state index in [1.54, 1.807) is 0 Å². The Labute approximate surface area is 114 Å². The van der Waals surface area contributed by atoms with Crippen LogP contribution in [0, 0.1) is 15.9 Å². The Morgan fingerprint density at radius 3 is 2.75 bits per heavy atom. The Bertz CT molecular complexity index is 519. The minimum atomic E-state index is -1.34. The Kier molecular flexibility index (Phi) is 4.98. The van der Waals surface area contributed by atoms with Crippen molar-refractivity contribution in [2.45, 2.75) is 25.3 Å². The molecule has 0 fully saturated rings. The Morgan fingerprint density at radius 1 is 1.60 bits per heavy atom. The smallest absolute Gasteiger partial charge is 0.323 e. The lowest BCUT2D eigenvalue weighted by Gasteiger charge is -2.18. The third-order valence-electron chi connectivity index (χ3n) is 2.71. The fourth-order valence-corrected chi connectivity index (χ4v) is 1.46. The third kappa shape index (κ3) is 4.16. The summed E-state index contributed by atoms with van der Waals surface area (Å²) < 4.78 is 18.5. The second-order valence-electron chi connectivity index (χ2n) is 4.54. The zero-order valence-corrected chi connectivity index (χ0v) is 10.8. The first kappa shape index (κ1) is 15.8. The van der Waals surface area contributed by atoms with E-state index < -0.39 is 27.9 Å². The van der Waals surface area contributed by atoms with Gasteiger partial charge >= 0.3 is 11.7 Å². The van der Waals surface area contributed by atoms with Gasteiger partial charge in [0.1, 0.15) is 11.3 Å². The SMILES string of the molecule is CC(N)(CCCOc1ccc([N+](=O)[O-])c(F)c1)C(=O)O. The predicted molar refractivity (Wildman–Crippen MR) is 68.0 cm³/mol. The Morgan fingerprint density at radius 2 is 2.25 bits per heavy atom. The molecule has 8 heteroatoms. The van der Waals surface area contributed by atoms with Crippen molar-refractivity contribution < 1.29 is 24.0 Å². The van der Waals surface area contributed by atoms with Gasteiger partial charge in [0.05, 0.1) is 11.5 Å². The summed E-state index contributed by atoms with van der Waals surface area (Å²) in [6, 6.07) is 3.20. The van der Waals surface area contributed by atoms with E-state index in [0.717, 1.165) is 12.1 Å². The minimum Gasteiger partial charge on any atom is -0.493 e. The van der Waals surface area contributed by atoms with E-state index in [0.29, 0.717) is 6.42 Å². The number of nitrogens with two attached hydrogens (primary N) is 1. The molecular formula is C12H15FN2O5. The number of carbonyl (C=O) groups is 1. The zero-order valence-electron chi connectivity index (χ0n) is 10.8. The molecule has 0 saturated heterocycles. The molecule has 1 aromatic rings. The highest BCUT2D eigenvalue weighted by atomic mass is 19.1. The second-order valence-corrected chi connectivity index (χ2v) is 4.54. The number of carboxylic acids is 1. The molecule has 1 atom stereocenters. The van der Waals surface area contributed by atoms with E-state index in [4.69, 9.17) is 15.6 Å². The van der Waals surface area contributed by atoms with Crippen LogP contribution in [0.3, 0.4) is 0 Å². The monoisotopic (exact) mass is 286 g/mol. The van der Waals surface area contributed by atoms with Crippen LogP contribution in [-0.2, 0) is 4.79 Å². The van der Waals surface area contributed by atoms with Gasteiger partial charge in [-0.05, 0) is 25.8 Å². The number of aliphatic carboxylic acids is 1. The molecule has 0 bridgehead atoms. The molecule has 0 aliphatic rings. The average Bonchev–Trinajstić information content (AvgIpc) is 2.34. The van der Waals surface area contributed by atoms with E-state index in [2.05, 4.69) is 0 Å². The van der Waals surface area contributed by atoms with Gasteiger partial charge in [-0.3, -0.25) is 14.9 Å². The summed E-state index contributed by atoms with van der Waals surface area (Å²) in [5.74, 6) is -1.96. The third-order valence-corrected chi connectivity index (χ3v) is 2.71. The standard InChI is InChI=1S/C12H15FN2O5/c1-12(14,11(16)17)5-2-6-20-8-3-4-10(15(18)19)9(13)7-8/h3-4,7H,2,5-6,14H2,1H3,(H,16,17). The van der Waals surface area contributed by atoms with Crippen LogP contribution in [0.25, 0.3) is 0 Å². The van der Waals surface area contributed by atoms with Crippen LogP contribution >= 0.6 is 0 Å². The minimum absolute atomic E-state index is 0.136. The summed E-state index contributed by atoms with van der Waals surface area (Å²) in [4.78, 5) is 20.3. The number of benzene rings is 1. The highest BCUT2D eigenvalue weighted by molar-refractivity contribution is 5.77. The van der Waals surface area contributed by atoms with Crippen molar-refractivity contribution in [3.63, 3.8) is 0 Å². The molecule has 0 heterocycles. The van der Waals surface area contributed by atoms with Crippen molar-refractivity contribution in [2.24, 2.45) is 5.73 Å². The quantitative estimate of drug-likeness (QED) is 0.447. The molecule has 0 aliphatic heterocycles. The second kappa shape index (κ2) is 6.29. The van der Waals surface area contributed by atoms with Gasteiger partial charge in [0, 0.05) is 12.1 Å². The molecule has 1 aromatic carbocycles. The van der Waals surface area contributed by atoms with Crippen molar-refractivity contribution in [2.75, 3.05) is 6.61 Å². The van der Waals surface area contributed by atoms with Crippen LogP contribution in [0.2, 0.25) is 0 Å². The molecule has 0 amide bonds. The fraction of sp³-hybridized carbons (Fsp3) is 0.417. The molecule has 3 N–H and O–H groups in total. The van der Waals surface area contributed by atoms with Crippen LogP contribution in [0.4, 0.5) is 10.1 Å². The van der Waals surface area contributed by atoms with Crippen molar-refractivity contribution in [3.05, 3.63) is 34.1 Å². The summed E-state index contributed by atoms with van der Waals surface area (Å²) in [6.07, 6.45) is 0.551. The molecule has 0 saturated carbocycles. The summed E-state index contributed by atoms with van der Waals surface area (Å²) in [5, 5.41) is 19.2. The lowest BCUT2D eigenvalue weighted by Crippen LogP contribution is -2.44. The summed E-state index contributed by atoms with van der Waals surface area (Å²) in [7, 11) is 0. The van der Waals surface area contributed by atoms with Crippen LogP contribution in [-0.4, -0.2) is 28.1 Å². The maximum atomic E-state index is 13.3. The van der Waals surface area contributed by atoms with Gasteiger partial charge in [-0.2, -0.15) is 4.39 Å². The topological polar surface area (TPSA) is 116 Å². The van der Waals surface area contributed by atoms with E-state index in [1.165, 1.54) is 13.0 Å². The number of nitrogens with zero attached hydrogens (tertiary/aromatic N) is 1. The Hall–Kier alpha value is -2.22. The first-order valence-electron chi connectivity index (χ1n) is 5.83. The number of hydrogen-bond donors (Lipinski definition) is 2. The van der Waals surface area contributed by atoms with Crippen molar-refractivity contribution >= 4 is 11.7 Å². The summed E-state index contributed by atoms with van der Waals surface area (Å²) in [6.45, 7) is 1.53. The first-order valence-corrected chi connectivity index (χ1v) is 5.83. The van der Waals surface area contributed by atoms with E-state index in [1.807, 2.05) is 0 Å². The number of carboxylic acid groups (broad SMARTS) is 1. The van der Waals surface area contributed by atoms with Crippen molar-refractivity contribution in [3.8, 4) is 5.75 Å². The average molecular weight is 286 g/mol. The maximum absolute atomic E-state index is 13.3. The molecule has 0 spiro atoms. The van der Waals surface area contributed by atoms with Crippen LogP contribution in [0.1, 0.15) is 19.8 Å². The maximum Gasteiger partial charge on any atom is 0.323 e. The van der Waals surface area contributed by atoms with Crippen LogP contribution < -0.4 is 10.5 Å². The van der Waals surface area contributed by atoms with Crippen molar-refractivity contribution in [1.82, 2.24) is 0 Å².